The van der Waals surface area contributed by atoms with Crippen LogP contribution in [0.3, 0.4) is 0 Å². The maximum absolute atomic E-state index is 13.8. The van der Waals surface area contributed by atoms with Crippen molar-refractivity contribution in [1.82, 2.24) is 4.57 Å². The molecule has 0 unspecified atom stereocenters. The van der Waals surface area contributed by atoms with Gasteiger partial charge in [0, 0.05) is 17.0 Å². The van der Waals surface area contributed by atoms with E-state index in [1.807, 2.05) is 30.5 Å². The quantitative estimate of drug-likeness (QED) is 0.139. The third-order valence-corrected chi connectivity index (χ3v) is 7.94. The molecule has 0 bridgehead atoms. The number of benzene rings is 2. The molecule has 2 aromatic heterocycles. The maximum Gasteiger partial charge on any atom is 0.338 e. The Morgan fingerprint density at radius 2 is 1.95 bits per heavy atom. The number of para-hydroxylation sites is 1. The zero-order valence-electron chi connectivity index (χ0n) is 21.2. The molecule has 39 heavy (non-hydrogen) atoms. The lowest BCUT2D eigenvalue weighted by Crippen LogP contribution is -2.39. The highest BCUT2D eigenvalue weighted by Gasteiger charge is 2.33. The third kappa shape index (κ3) is 4.98. The Labute approximate surface area is 230 Å². The number of hydrogen-bond donors (Lipinski definition) is 0. The Morgan fingerprint density at radius 3 is 2.64 bits per heavy atom. The normalized spacial score (nSPS) is 15.2. The van der Waals surface area contributed by atoms with E-state index in [1.165, 1.54) is 22.0 Å². The molecule has 0 spiro atoms. The van der Waals surface area contributed by atoms with Gasteiger partial charge in [-0.15, -0.1) is 11.8 Å². The number of nitro groups is 1. The molecule has 198 valence electrons. The van der Waals surface area contributed by atoms with E-state index in [-0.39, 0.29) is 17.9 Å². The summed E-state index contributed by atoms with van der Waals surface area (Å²) in [5, 5.41) is 11.4. The fourth-order valence-electron chi connectivity index (χ4n) is 4.44. The van der Waals surface area contributed by atoms with Crippen LogP contribution in [-0.2, 0) is 9.53 Å². The van der Waals surface area contributed by atoms with Crippen LogP contribution < -0.4 is 14.9 Å². The third-order valence-electron chi connectivity index (χ3n) is 6.21. The average Bonchev–Trinajstić information content (AvgIpc) is 3.52. The van der Waals surface area contributed by atoms with Gasteiger partial charge in [0.05, 0.1) is 38.9 Å². The fourth-order valence-corrected chi connectivity index (χ4v) is 5.87. The second-order valence-electron chi connectivity index (χ2n) is 8.55. The highest BCUT2D eigenvalue weighted by molar-refractivity contribution is 7.98. The summed E-state index contributed by atoms with van der Waals surface area (Å²) < 4.78 is 13.1. The van der Waals surface area contributed by atoms with Gasteiger partial charge in [0.2, 0.25) is 0 Å². The van der Waals surface area contributed by atoms with E-state index in [0.717, 1.165) is 10.5 Å². The summed E-state index contributed by atoms with van der Waals surface area (Å²) in [5.74, 6) is 0.149. The lowest BCUT2D eigenvalue weighted by atomic mass is 9.96. The van der Waals surface area contributed by atoms with Crippen LogP contribution in [0.1, 0.15) is 31.2 Å². The Kier molecular flexibility index (Phi) is 7.36. The molecule has 2 aromatic carbocycles. The summed E-state index contributed by atoms with van der Waals surface area (Å²) in [6.07, 6.45) is 3.56. The lowest BCUT2D eigenvalue weighted by molar-refractivity contribution is -0.384. The largest absolute Gasteiger partial charge is 0.463 e. The summed E-state index contributed by atoms with van der Waals surface area (Å²) in [5.41, 5.74) is 1.48. The number of thioether (sulfide) groups is 1. The van der Waals surface area contributed by atoms with Crippen molar-refractivity contribution in [3.63, 3.8) is 0 Å². The highest BCUT2D eigenvalue weighted by Crippen LogP contribution is 2.33. The first-order valence-electron chi connectivity index (χ1n) is 12.0. The number of nitro benzene ring substituents is 1. The van der Waals surface area contributed by atoms with Crippen molar-refractivity contribution in [2.75, 3.05) is 12.9 Å². The van der Waals surface area contributed by atoms with Crippen molar-refractivity contribution in [1.29, 1.82) is 0 Å². The number of allylic oxidation sites excluding steroid dienone is 1. The van der Waals surface area contributed by atoms with Crippen molar-refractivity contribution in [2.24, 2.45) is 4.99 Å². The number of nitrogens with zero attached hydrogens (tertiary/aromatic N) is 3. The molecule has 0 saturated carbocycles. The van der Waals surface area contributed by atoms with Gasteiger partial charge in [-0.1, -0.05) is 35.6 Å². The minimum absolute atomic E-state index is 0.0766. The van der Waals surface area contributed by atoms with Crippen LogP contribution in [-0.4, -0.2) is 28.3 Å². The van der Waals surface area contributed by atoms with Gasteiger partial charge in [-0.05, 0) is 56.0 Å². The number of furan rings is 1. The van der Waals surface area contributed by atoms with Gasteiger partial charge in [0.15, 0.2) is 4.80 Å². The van der Waals surface area contributed by atoms with Crippen LogP contribution >= 0.6 is 23.1 Å². The number of ether oxygens (including phenoxy) is 1. The number of fused-ring (bicyclic) bond motifs is 1. The zero-order valence-corrected chi connectivity index (χ0v) is 22.9. The topological polar surface area (TPSA) is 117 Å². The molecule has 5 rings (SSSR count). The van der Waals surface area contributed by atoms with Crippen LogP contribution in [0, 0.1) is 10.1 Å². The van der Waals surface area contributed by atoms with Crippen molar-refractivity contribution in [3.05, 3.63) is 113 Å². The molecule has 4 aromatic rings. The number of carbonyl (C=O) groups is 1. The van der Waals surface area contributed by atoms with Crippen LogP contribution in [0.5, 0.6) is 0 Å². The van der Waals surface area contributed by atoms with Crippen molar-refractivity contribution < 1.29 is 18.9 Å². The predicted molar refractivity (Wildman–Crippen MR) is 149 cm³/mol. The number of carbonyl (C=O) groups excluding carboxylic acids is 1. The average molecular weight is 562 g/mol. The van der Waals surface area contributed by atoms with E-state index in [1.54, 1.807) is 62.0 Å². The van der Waals surface area contributed by atoms with E-state index in [4.69, 9.17) is 9.15 Å². The van der Waals surface area contributed by atoms with Crippen LogP contribution in [0.4, 0.5) is 5.69 Å². The molecule has 1 atom stereocenters. The molecular formula is C28H23N3O6S2. The highest BCUT2D eigenvalue weighted by atomic mass is 32.2. The fraction of sp³-hybridized carbons (Fsp3) is 0.179. The first kappa shape index (κ1) is 26.4. The van der Waals surface area contributed by atoms with Gasteiger partial charge in [0.1, 0.15) is 11.5 Å². The first-order chi connectivity index (χ1) is 18.8. The Morgan fingerprint density at radius 1 is 1.21 bits per heavy atom. The summed E-state index contributed by atoms with van der Waals surface area (Å²) in [4.78, 5) is 43.8. The molecule has 0 saturated heterocycles. The summed E-state index contributed by atoms with van der Waals surface area (Å²) in [6, 6.07) is 16.6. The van der Waals surface area contributed by atoms with Gasteiger partial charge < -0.3 is 9.15 Å². The molecule has 0 fully saturated rings. The monoisotopic (exact) mass is 561 g/mol. The van der Waals surface area contributed by atoms with Gasteiger partial charge in [-0.3, -0.25) is 19.5 Å². The lowest BCUT2D eigenvalue weighted by Gasteiger charge is -2.24. The SMILES string of the molecule is CCOC(=O)C1=C(C)N=c2s/c(=C\c3ccc(-c4ccccc4[N+](=O)[O-])o3)c(=O)n2[C@H]1c1ccc(SC)cc1. The molecule has 0 radical (unpaired) electrons. The second-order valence-corrected chi connectivity index (χ2v) is 10.4. The molecule has 1 aliphatic rings. The van der Waals surface area contributed by atoms with E-state index in [0.29, 0.717) is 37.7 Å². The summed E-state index contributed by atoms with van der Waals surface area (Å²) in [6.45, 7) is 3.66. The van der Waals surface area contributed by atoms with Crippen molar-refractivity contribution >= 4 is 40.8 Å². The standard InChI is InChI=1S/C28H23N3O6S2/c1-4-36-27(33)24-16(2)29-28-30(25(24)17-9-12-19(38-3)13-10-17)26(32)23(39-28)15-18-11-14-22(37-18)20-7-5-6-8-21(20)31(34)35/h5-15,25H,4H2,1-3H3/b23-15-/t25-/m0/s1. The molecule has 11 heteroatoms. The number of esters is 1. The maximum atomic E-state index is 13.8. The Hall–Kier alpha value is -4.22. The van der Waals surface area contributed by atoms with Gasteiger partial charge in [0.25, 0.3) is 11.2 Å². The number of rotatable bonds is 7. The Balaban J connectivity index is 1.63. The Bertz CT molecular complexity index is 1800. The van der Waals surface area contributed by atoms with Gasteiger partial charge in [-0.2, -0.15) is 0 Å². The van der Waals surface area contributed by atoms with Crippen LogP contribution in [0.25, 0.3) is 17.4 Å². The number of hydrogen-bond acceptors (Lipinski definition) is 9. The van der Waals surface area contributed by atoms with E-state index >= 15 is 0 Å². The molecule has 1 aliphatic heterocycles. The van der Waals surface area contributed by atoms with Crippen molar-refractivity contribution in [3.8, 4) is 11.3 Å². The van der Waals surface area contributed by atoms with E-state index in [9.17, 15) is 19.7 Å². The summed E-state index contributed by atoms with van der Waals surface area (Å²) >= 11 is 2.77. The van der Waals surface area contributed by atoms with Crippen molar-refractivity contribution in [2.45, 2.75) is 24.8 Å². The number of thiazole rings is 1. The van der Waals surface area contributed by atoms with Gasteiger partial charge >= 0.3 is 5.97 Å². The van der Waals surface area contributed by atoms with E-state index in [2.05, 4.69) is 4.99 Å². The minimum Gasteiger partial charge on any atom is -0.463 e. The second kappa shape index (κ2) is 10.9. The van der Waals surface area contributed by atoms with Crippen LogP contribution in [0.15, 0.2) is 91.0 Å². The molecule has 3 heterocycles. The molecular weight excluding hydrogens is 538 g/mol. The predicted octanol–water partition coefficient (Wildman–Crippen LogP) is 4.69. The van der Waals surface area contributed by atoms with Gasteiger partial charge in [-0.25, -0.2) is 9.79 Å². The smallest absolute Gasteiger partial charge is 0.338 e. The summed E-state index contributed by atoms with van der Waals surface area (Å²) in [7, 11) is 0. The molecule has 0 N–H and O–H groups in total. The van der Waals surface area contributed by atoms with E-state index < -0.39 is 16.9 Å². The molecule has 0 aliphatic carbocycles. The minimum atomic E-state index is -0.711. The van der Waals surface area contributed by atoms with Crippen LogP contribution in [0.2, 0.25) is 0 Å². The zero-order chi connectivity index (χ0) is 27.7. The number of aromatic nitrogens is 1. The first-order valence-corrected chi connectivity index (χ1v) is 14.0. The molecule has 0 amide bonds. The molecule has 9 nitrogen and oxygen atoms in total.